The summed E-state index contributed by atoms with van der Waals surface area (Å²) in [6.45, 7) is 1.15. The van der Waals surface area contributed by atoms with Crippen LogP contribution in [0.25, 0.3) is 10.9 Å². The van der Waals surface area contributed by atoms with Crippen LogP contribution in [0.15, 0.2) is 24.4 Å². The molecular formula is C13H14NO4P. The van der Waals surface area contributed by atoms with Crippen molar-refractivity contribution in [1.29, 1.82) is 0 Å². The van der Waals surface area contributed by atoms with Crippen LogP contribution >= 0.6 is 9.39 Å². The number of hydrogen-bond donors (Lipinski definition) is 1. The molecule has 6 heteroatoms. The van der Waals surface area contributed by atoms with Crippen molar-refractivity contribution in [2.45, 2.75) is 13.3 Å². The van der Waals surface area contributed by atoms with Gasteiger partial charge >= 0.3 is 5.97 Å². The Hall–Kier alpha value is -1.87. The van der Waals surface area contributed by atoms with Crippen molar-refractivity contribution < 1.29 is 19.4 Å². The fourth-order valence-electron chi connectivity index (χ4n) is 2.01. The maximum atomic E-state index is 11.2. The van der Waals surface area contributed by atoms with Gasteiger partial charge in [0, 0.05) is 18.0 Å². The molecule has 0 saturated carbocycles. The Labute approximate surface area is 112 Å². The summed E-state index contributed by atoms with van der Waals surface area (Å²) in [6.07, 6.45) is 2.19. The third-order valence-electron chi connectivity index (χ3n) is 2.69. The van der Waals surface area contributed by atoms with Crippen LogP contribution in [0.1, 0.15) is 12.5 Å². The Morgan fingerprint density at radius 1 is 1.42 bits per heavy atom. The first-order valence-corrected chi connectivity index (χ1v) is 6.22. The van der Waals surface area contributed by atoms with Gasteiger partial charge in [0.2, 0.25) is 0 Å². The highest BCUT2D eigenvalue weighted by molar-refractivity contribution is 7.15. The molecule has 5 nitrogen and oxygen atoms in total. The van der Waals surface area contributed by atoms with Crippen LogP contribution in [-0.4, -0.2) is 27.8 Å². The molecule has 0 aliphatic rings. The van der Waals surface area contributed by atoms with Gasteiger partial charge in [0.05, 0.1) is 5.52 Å². The number of Topliss-reactive ketones (excluding diaryl/α,β-unsaturated/α-hetero) is 1. The number of carboxylic acids is 1. The first-order chi connectivity index (χ1) is 8.99. The Morgan fingerprint density at radius 2 is 2.16 bits per heavy atom. The van der Waals surface area contributed by atoms with E-state index in [2.05, 4.69) is 9.39 Å². The van der Waals surface area contributed by atoms with E-state index in [0.29, 0.717) is 12.2 Å². The molecular weight excluding hydrogens is 265 g/mol. The molecule has 1 aromatic heterocycles. The number of fused-ring (bicyclic) bond motifs is 1. The summed E-state index contributed by atoms with van der Waals surface area (Å²) in [5, 5.41) is 9.56. The number of aliphatic carboxylic acids is 1. The second kappa shape index (κ2) is 5.41. The molecule has 0 fully saturated rings. The van der Waals surface area contributed by atoms with Gasteiger partial charge in [-0.3, -0.25) is 4.79 Å². The fourth-order valence-corrected chi connectivity index (χ4v) is 2.46. The van der Waals surface area contributed by atoms with Gasteiger partial charge in [0.25, 0.3) is 0 Å². The van der Waals surface area contributed by atoms with E-state index >= 15 is 0 Å². The molecule has 1 aromatic carbocycles. The molecule has 0 aliphatic carbocycles. The quantitative estimate of drug-likeness (QED) is 0.848. The minimum atomic E-state index is -1.03. The molecule has 1 unspecified atom stereocenters. The molecule has 2 aromatic rings. The fraction of sp³-hybridized carbons (Fsp3) is 0.231. The molecule has 1 atom stereocenters. The molecule has 0 amide bonds. The monoisotopic (exact) mass is 279 g/mol. The molecule has 0 aliphatic heterocycles. The largest absolute Gasteiger partial charge is 0.480 e. The molecule has 0 spiro atoms. The lowest BCUT2D eigenvalue weighted by Gasteiger charge is -2.06. The minimum Gasteiger partial charge on any atom is -0.480 e. The highest BCUT2D eigenvalue weighted by Gasteiger charge is 2.13. The zero-order chi connectivity index (χ0) is 14.0. The van der Waals surface area contributed by atoms with E-state index in [0.717, 1.165) is 16.5 Å². The van der Waals surface area contributed by atoms with Crippen LogP contribution in [0.5, 0.6) is 5.75 Å². The number of hydrogen-bond acceptors (Lipinski definition) is 3. The lowest BCUT2D eigenvalue weighted by atomic mass is 10.1. The van der Waals surface area contributed by atoms with Gasteiger partial charge in [-0.1, -0.05) is 12.1 Å². The number of aromatic nitrogens is 1. The lowest BCUT2D eigenvalue weighted by molar-refractivity contribution is -0.139. The van der Waals surface area contributed by atoms with E-state index in [1.165, 1.54) is 6.92 Å². The van der Waals surface area contributed by atoms with Crippen molar-refractivity contribution in [1.82, 2.24) is 4.34 Å². The van der Waals surface area contributed by atoms with Crippen LogP contribution in [-0.2, 0) is 16.0 Å². The second-order valence-electron chi connectivity index (χ2n) is 4.28. The summed E-state index contributed by atoms with van der Waals surface area (Å²) in [7, 11) is 2.51. The van der Waals surface area contributed by atoms with Gasteiger partial charge in [0.1, 0.15) is 11.5 Å². The molecule has 1 N–H and O–H groups in total. The van der Waals surface area contributed by atoms with Crippen molar-refractivity contribution >= 4 is 32.0 Å². The predicted molar refractivity (Wildman–Crippen MR) is 74.6 cm³/mol. The summed E-state index contributed by atoms with van der Waals surface area (Å²) in [5.74, 6) is -0.457. The van der Waals surface area contributed by atoms with Crippen molar-refractivity contribution in [3.05, 3.63) is 30.0 Å². The van der Waals surface area contributed by atoms with Crippen LogP contribution in [0.3, 0.4) is 0 Å². The number of carbonyl (C=O) groups excluding carboxylic acids is 1. The topological polar surface area (TPSA) is 68.5 Å². The minimum absolute atomic E-state index is 0.0781. The smallest absolute Gasteiger partial charge is 0.341 e. The average Bonchev–Trinajstić information content (AvgIpc) is 2.63. The summed E-state index contributed by atoms with van der Waals surface area (Å²) in [4.78, 5) is 21.8. The van der Waals surface area contributed by atoms with E-state index in [1.807, 2.05) is 12.3 Å². The van der Waals surface area contributed by atoms with Gasteiger partial charge in [-0.05, 0) is 27.9 Å². The van der Waals surface area contributed by atoms with Gasteiger partial charge in [-0.2, -0.15) is 0 Å². The summed E-state index contributed by atoms with van der Waals surface area (Å²) in [5.41, 5.74) is 1.67. The maximum Gasteiger partial charge on any atom is 0.341 e. The zero-order valence-corrected chi connectivity index (χ0v) is 11.6. The van der Waals surface area contributed by atoms with Crippen molar-refractivity contribution in [2.75, 3.05) is 6.61 Å². The summed E-state index contributed by atoms with van der Waals surface area (Å²) in [6, 6.07) is 5.39. The van der Waals surface area contributed by atoms with E-state index in [1.54, 1.807) is 16.5 Å². The molecule has 2 rings (SSSR count). The van der Waals surface area contributed by atoms with Gasteiger partial charge in [-0.15, -0.1) is 0 Å². The second-order valence-corrected chi connectivity index (χ2v) is 4.83. The molecule has 100 valence electrons. The van der Waals surface area contributed by atoms with Gasteiger partial charge < -0.3 is 14.2 Å². The highest BCUT2D eigenvalue weighted by Crippen LogP contribution is 2.31. The van der Waals surface area contributed by atoms with Crippen LogP contribution < -0.4 is 4.74 Å². The van der Waals surface area contributed by atoms with E-state index in [-0.39, 0.29) is 5.78 Å². The van der Waals surface area contributed by atoms with Crippen LogP contribution in [0.2, 0.25) is 0 Å². The SMILES string of the molecule is CC(=O)Cc1cn(P)c2c(OCC(=O)O)cccc12. The number of para-hydroxylation sites is 1. The number of benzene rings is 1. The van der Waals surface area contributed by atoms with Crippen molar-refractivity contribution in [3.63, 3.8) is 0 Å². The van der Waals surface area contributed by atoms with E-state index in [9.17, 15) is 9.59 Å². The van der Waals surface area contributed by atoms with Crippen LogP contribution in [0.4, 0.5) is 0 Å². The molecule has 0 saturated heterocycles. The molecule has 19 heavy (non-hydrogen) atoms. The lowest BCUT2D eigenvalue weighted by Crippen LogP contribution is -2.09. The Morgan fingerprint density at radius 3 is 2.79 bits per heavy atom. The Bertz CT molecular complexity index is 647. The molecule has 0 radical (unpaired) electrons. The van der Waals surface area contributed by atoms with E-state index in [4.69, 9.17) is 9.84 Å². The normalized spacial score (nSPS) is 10.6. The standard InChI is InChI=1S/C13H14NO4P/c1-8(15)5-9-6-14(19)13-10(9)3-2-4-11(13)18-7-12(16)17/h2-4,6H,5,7,19H2,1H3,(H,16,17). The number of carboxylic acid groups (broad SMARTS) is 1. The highest BCUT2D eigenvalue weighted by atomic mass is 31.0. The third kappa shape index (κ3) is 2.93. The molecule has 1 heterocycles. The van der Waals surface area contributed by atoms with Crippen molar-refractivity contribution in [3.8, 4) is 5.75 Å². The number of ether oxygens (including phenoxy) is 1. The number of rotatable bonds is 5. The first-order valence-electron chi connectivity index (χ1n) is 5.71. The number of ketones is 1. The average molecular weight is 279 g/mol. The number of carbonyl (C=O) groups is 2. The maximum absolute atomic E-state index is 11.2. The van der Waals surface area contributed by atoms with E-state index < -0.39 is 12.6 Å². The Balaban J connectivity index is 2.47. The predicted octanol–water partition coefficient (Wildman–Crippen LogP) is 1.87. The third-order valence-corrected chi connectivity index (χ3v) is 3.10. The zero-order valence-electron chi connectivity index (χ0n) is 10.4. The summed E-state index contributed by atoms with van der Waals surface area (Å²) < 4.78 is 7.03. The summed E-state index contributed by atoms with van der Waals surface area (Å²) >= 11 is 0. The Kier molecular flexibility index (Phi) is 3.86. The van der Waals surface area contributed by atoms with Crippen molar-refractivity contribution in [2.24, 2.45) is 0 Å². The molecule has 0 bridgehead atoms. The van der Waals surface area contributed by atoms with Crippen LogP contribution in [0, 0.1) is 0 Å². The van der Waals surface area contributed by atoms with Gasteiger partial charge in [0.15, 0.2) is 6.61 Å². The first kappa shape index (κ1) is 13.6. The van der Waals surface area contributed by atoms with Gasteiger partial charge in [-0.25, -0.2) is 4.79 Å². The number of nitrogens with zero attached hydrogens (tertiary/aromatic N) is 1.